The molecule has 0 saturated carbocycles. The number of ether oxygens (including phenoxy) is 2. The summed E-state index contributed by atoms with van der Waals surface area (Å²) in [6.45, 7) is 3.66. The normalized spacial score (nSPS) is 11.8. The van der Waals surface area contributed by atoms with Crippen LogP contribution >= 0.6 is 15.9 Å². The first kappa shape index (κ1) is 32.0. The molecule has 3 aromatic carbocycles. The Morgan fingerprint density at radius 3 is 2.27 bits per heavy atom. The Hall–Kier alpha value is -3.57. The average molecular weight is 647 g/mol. The Morgan fingerprint density at radius 2 is 1.66 bits per heavy atom. The van der Waals surface area contributed by atoms with Crippen molar-refractivity contribution in [2.75, 3.05) is 31.6 Å². The van der Waals surface area contributed by atoms with Crippen molar-refractivity contribution in [3.05, 3.63) is 82.8 Å². The number of benzene rings is 3. The maximum atomic E-state index is 14.1. The second-order valence-corrected chi connectivity index (χ2v) is 12.1. The number of carbonyl (C=O) groups is 2. The van der Waals surface area contributed by atoms with E-state index in [-0.39, 0.29) is 28.8 Å². The highest BCUT2D eigenvalue weighted by molar-refractivity contribution is 9.10. The van der Waals surface area contributed by atoms with Crippen LogP contribution in [0, 0.1) is 0 Å². The van der Waals surface area contributed by atoms with Crippen LogP contribution in [0.3, 0.4) is 0 Å². The molecule has 0 unspecified atom stereocenters. The average Bonchev–Trinajstić information content (AvgIpc) is 2.99. The van der Waals surface area contributed by atoms with Crippen LogP contribution in [0.4, 0.5) is 5.69 Å². The molecule has 3 aromatic rings. The van der Waals surface area contributed by atoms with E-state index >= 15 is 0 Å². The molecule has 2 amide bonds. The Morgan fingerprint density at radius 1 is 0.976 bits per heavy atom. The summed E-state index contributed by atoms with van der Waals surface area (Å²) in [4.78, 5) is 28.5. The first-order chi connectivity index (χ1) is 19.6. The third-order valence-corrected chi connectivity index (χ3v) is 8.83. The van der Waals surface area contributed by atoms with Crippen LogP contribution in [0.5, 0.6) is 11.5 Å². The van der Waals surface area contributed by atoms with E-state index in [1.54, 1.807) is 37.3 Å². The van der Waals surface area contributed by atoms with Gasteiger partial charge in [0.15, 0.2) is 0 Å². The number of sulfonamides is 1. The molecule has 0 heterocycles. The molecule has 1 atom stereocenters. The number of hydrogen-bond acceptors (Lipinski definition) is 6. The van der Waals surface area contributed by atoms with E-state index in [1.165, 1.54) is 37.3 Å². The molecule has 41 heavy (non-hydrogen) atoms. The summed E-state index contributed by atoms with van der Waals surface area (Å²) in [5, 5.41) is 2.88. The fourth-order valence-corrected chi connectivity index (χ4v) is 5.83. The lowest BCUT2D eigenvalue weighted by molar-refractivity contribution is -0.139. The van der Waals surface area contributed by atoms with Crippen LogP contribution in [0.15, 0.2) is 82.2 Å². The number of anilines is 1. The number of halogens is 1. The van der Waals surface area contributed by atoms with E-state index in [0.717, 1.165) is 27.2 Å². The fourth-order valence-electron chi connectivity index (χ4n) is 4.13. The molecule has 0 aromatic heterocycles. The first-order valence-corrected chi connectivity index (χ1v) is 15.5. The van der Waals surface area contributed by atoms with Gasteiger partial charge < -0.3 is 19.7 Å². The monoisotopic (exact) mass is 645 g/mol. The summed E-state index contributed by atoms with van der Waals surface area (Å²) in [5.41, 5.74) is 0.916. The van der Waals surface area contributed by atoms with Crippen molar-refractivity contribution in [3.63, 3.8) is 0 Å². The third kappa shape index (κ3) is 8.23. The highest BCUT2D eigenvalue weighted by Gasteiger charge is 2.34. The summed E-state index contributed by atoms with van der Waals surface area (Å²) in [6.07, 6.45) is 1.71. The molecule has 11 heteroatoms. The highest BCUT2D eigenvalue weighted by atomic mass is 79.9. The summed E-state index contributed by atoms with van der Waals surface area (Å²) in [6, 6.07) is 19.1. The van der Waals surface area contributed by atoms with Crippen LogP contribution in [0.25, 0.3) is 0 Å². The van der Waals surface area contributed by atoms with Crippen molar-refractivity contribution in [3.8, 4) is 11.5 Å². The Kier molecular flexibility index (Phi) is 11.6. The van der Waals surface area contributed by atoms with Gasteiger partial charge in [0.2, 0.25) is 11.8 Å². The summed E-state index contributed by atoms with van der Waals surface area (Å²) in [5.74, 6) is -0.254. The number of nitrogens with one attached hydrogen (secondary N) is 1. The number of methoxy groups -OCH3 is 2. The van der Waals surface area contributed by atoms with Crippen molar-refractivity contribution >= 4 is 43.5 Å². The maximum Gasteiger partial charge on any atom is 0.264 e. The number of rotatable bonds is 14. The van der Waals surface area contributed by atoms with Gasteiger partial charge in [-0.25, -0.2) is 8.42 Å². The lowest BCUT2D eigenvalue weighted by atomic mass is 10.1. The largest absolute Gasteiger partial charge is 0.497 e. The van der Waals surface area contributed by atoms with Gasteiger partial charge in [-0.2, -0.15) is 0 Å². The Labute approximate surface area is 250 Å². The van der Waals surface area contributed by atoms with Crippen molar-refractivity contribution in [1.82, 2.24) is 10.2 Å². The predicted molar refractivity (Wildman–Crippen MR) is 163 cm³/mol. The molecule has 0 fully saturated rings. The standard InChI is InChI=1S/C30H36BrN3O6S/c1-5-6-18-32-30(36)22(2)33(20-23-12-14-24(31)15-13-23)29(35)21-34(41(37,38)26-10-8-7-9-11-26)27-19-25(39-3)16-17-28(27)40-4/h7-17,19,22H,5-6,18,20-21H2,1-4H3,(H,32,36)/t22-/m0/s1. The van der Waals surface area contributed by atoms with E-state index < -0.39 is 28.5 Å². The molecule has 0 saturated heterocycles. The summed E-state index contributed by atoms with van der Waals surface area (Å²) >= 11 is 3.42. The number of nitrogens with zero attached hydrogens (tertiary/aromatic N) is 2. The minimum atomic E-state index is -4.24. The number of unbranched alkanes of at least 4 members (excludes halogenated alkanes) is 1. The SMILES string of the molecule is CCCCNC(=O)[C@H](C)N(Cc1ccc(Br)cc1)C(=O)CN(c1cc(OC)ccc1OC)S(=O)(=O)c1ccccc1. The Balaban J connectivity index is 2.07. The van der Waals surface area contributed by atoms with Gasteiger partial charge in [0.25, 0.3) is 10.0 Å². The Bertz CT molecular complexity index is 1420. The molecule has 220 valence electrons. The molecule has 1 N–H and O–H groups in total. The van der Waals surface area contributed by atoms with Gasteiger partial charge in [-0.05, 0) is 55.3 Å². The fraction of sp³-hybridized carbons (Fsp3) is 0.333. The smallest absolute Gasteiger partial charge is 0.264 e. The zero-order valence-corrected chi connectivity index (χ0v) is 26.1. The molecule has 0 aliphatic heterocycles. The zero-order chi connectivity index (χ0) is 30.0. The van der Waals surface area contributed by atoms with Crippen molar-refractivity contribution in [2.45, 2.75) is 44.2 Å². The van der Waals surface area contributed by atoms with Crippen LogP contribution < -0.4 is 19.1 Å². The second-order valence-electron chi connectivity index (χ2n) is 9.33. The topological polar surface area (TPSA) is 105 Å². The molecule has 0 bridgehead atoms. The van der Waals surface area contributed by atoms with Gasteiger partial charge in [-0.15, -0.1) is 0 Å². The molecule has 0 spiro atoms. The lowest BCUT2D eigenvalue weighted by Crippen LogP contribution is -2.51. The van der Waals surface area contributed by atoms with Gasteiger partial charge in [0.1, 0.15) is 24.1 Å². The summed E-state index contributed by atoms with van der Waals surface area (Å²) < 4.78 is 40.7. The second kappa shape index (κ2) is 14.9. The molecule has 0 aliphatic rings. The minimum Gasteiger partial charge on any atom is -0.497 e. The van der Waals surface area contributed by atoms with Gasteiger partial charge in [-0.3, -0.25) is 13.9 Å². The van der Waals surface area contributed by atoms with Gasteiger partial charge in [0, 0.05) is 23.6 Å². The maximum absolute atomic E-state index is 14.1. The molecule has 9 nitrogen and oxygen atoms in total. The van der Waals surface area contributed by atoms with Gasteiger partial charge in [-0.1, -0.05) is 59.6 Å². The minimum absolute atomic E-state index is 0.00231. The lowest BCUT2D eigenvalue weighted by Gasteiger charge is -2.32. The molecule has 0 radical (unpaired) electrons. The van der Waals surface area contributed by atoms with Crippen LogP contribution in [0.2, 0.25) is 0 Å². The molecular weight excluding hydrogens is 610 g/mol. The zero-order valence-electron chi connectivity index (χ0n) is 23.7. The van der Waals surface area contributed by atoms with Crippen molar-refractivity contribution in [2.24, 2.45) is 0 Å². The van der Waals surface area contributed by atoms with E-state index in [9.17, 15) is 18.0 Å². The summed E-state index contributed by atoms with van der Waals surface area (Å²) in [7, 11) is -1.36. The van der Waals surface area contributed by atoms with Crippen LogP contribution in [0.1, 0.15) is 32.3 Å². The van der Waals surface area contributed by atoms with E-state index in [2.05, 4.69) is 21.2 Å². The van der Waals surface area contributed by atoms with E-state index in [1.807, 2.05) is 31.2 Å². The molecule has 0 aliphatic carbocycles. The van der Waals surface area contributed by atoms with Crippen LogP contribution in [-0.2, 0) is 26.2 Å². The third-order valence-electron chi connectivity index (χ3n) is 6.53. The van der Waals surface area contributed by atoms with E-state index in [4.69, 9.17) is 9.47 Å². The predicted octanol–water partition coefficient (Wildman–Crippen LogP) is 5.00. The van der Waals surface area contributed by atoms with Gasteiger partial charge >= 0.3 is 0 Å². The number of amides is 2. The quantitative estimate of drug-likeness (QED) is 0.248. The van der Waals surface area contributed by atoms with Gasteiger partial charge in [0.05, 0.1) is 24.8 Å². The molecular formula is C30H36BrN3O6S. The van der Waals surface area contributed by atoms with E-state index in [0.29, 0.717) is 12.3 Å². The van der Waals surface area contributed by atoms with Crippen LogP contribution in [-0.4, -0.2) is 58.5 Å². The highest BCUT2D eigenvalue weighted by Crippen LogP contribution is 2.36. The van der Waals surface area contributed by atoms with Crippen molar-refractivity contribution < 1.29 is 27.5 Å². The first-order valence-electron chi connectivity index (χ1n) is 13.2. The number of carbonyl (C=O) groups excluding carboxylic acids is 2. The molecule has 3 rings (SSSR count). The number of hydrogen-bond donors (Lipinski definition) is 1. The van der Waals surface area contributed by atoms with Crippen molar-refractivity contribution in [1.29, 1.82) is 0 Å².